The maximum atomic E-state index is 14.6. The van der Waals surface area contributed by atoms with Crippen LogP contribution in [-0.2, 0) is 0 Å². The predicted octanol–water partition coefficient (Wildman–Crippen LogP) is 5.33. The number of benzene rings is 2. The summed E-state index contributed by atoms with van der Waals surface area (Å²) in [6.45, 7) is 2.92. The van der Waals surface area contributed by atoms with Gasteiger partial charge in [-0.15, -0.1) is 38.0 Å². The molecule has 1 aliphatic heterocycles. The second-order valence-electron chi connectivity index (χ2n) is 5.94. The number of hydrogen-bond donors (Lipinski definition) is 1. The second-order valence-corrected chi connectivity index (χ2v) is 6.80. The fourth-order valence-electron chi connectivity index (χ4n) is 3.12. The SMILES string of the molecule is Cl.Cl.Fc1cccc(Br)c1[C@@H](c1ccc(OC(F)(F)F)cc1)N1CCNCC1. The molecule has 0 amide bonds. The molecule has 0 spiro atoms. The first-order valence-corrected chi connectivity index (χ1v) is 8.89. The van der Waals surface area contributed by atoms with Gasteiger partial charge in [0.15, 0.2) is 0 Å². The molecule has 1 heterocycles. The lowest BCUT2D eigenvalue weighted by molar-refractivity contribution is -0.274. The molecule has 2 aromatic rings. The second kappa shape index (κ2) is 10.6. The van der Waals surface area contributed by atoms with Gasteiger partial charge in [-0.3, -0.25) is 4.90 Å². The van der Waals surface area contributed by atoms with Crippen LogP contribution in [0.5, 0.6) is 5.75 Å². The third-order valence-corrected chi connectivity index (χ3v) is 4.91. The summed E-state index contributed by atoms with van der Waals surface area (Å²) in [5.41, 5.74) is 1.17. The van der Waals surface area contributed by atoms with Crippen molar-refractivity contribution in [1.82, 2.24) is 10.2 Å². The van der Waals surface area contributed by atoms with Crippen LogP contribution in [-0.4, -0.2) is 37.4 Å². The van der Waals surface area contributed by atoms with E-state index in [1.54, 1.807) is 24.3 Å². The molecule has 3 nitrogen and oxygen atoms in total. The van der Waals surface area contributed by atoms with E-state index >= 15 is 0 Å². The third-order valence-electron chi connectivity index (χ3n) is 4.22. The summed E-state index contributed by atoms with van der Waals surface area (Å²) >= 11 is 3.41. The van der Waals surface area contributed by atoms with Gasteiger partial charge >= 0.3 is 6.36 Å². The van der Waals surface area contributed by atoms with Crippen LogP contribution in [0, 0.1) is 5.82 Å². The number of halogens is 7. The summed E-state index contributed by atoms with van der Waals surface area (Å²) in [6, 6.07) is 9.95. The molecule has 0 saturated carbocycles. The lowest BCUT2D eigenvalue weighted by Crippen LogP contribution is -2.45. The molecule has 0 bridgehead atoms. The Hall–Kier alpha value is -1.06. The zero-order valence-corrected chi connectivity index (χ0v) is 17.7. The number of alkyl halides is 3. The molecule has 0 radical (unpaired) electrons. The number of hydrogen-bond acceptors (Lipinski definition) is 3. The number of ether oxygens (including phenoxy) is 1. The summed E-state index contributed by atoms with van der Waals surface area (Å²) in [7, 11) is 0. The summed E-state index contributed by atoms with van der Waals surface area (Å²) < 4.78 is 56.3. The van der Waals surface area contributed by atoms with Crippen LogP contribution in [0.25, 0.3) is 0 Å². The van der Waals surface area contributed by atoms with Gasteiger partial charge in [-0.05, 0) is 29.8 Å². The Morgan fingerprint density at radius 1 is 1.00 bits per heavy atom. The molecular formula is C18H19BrCl2F4N2O. The number of piperazine rings is 1. The van der Waals surface area contributed by atoms with Crippen molar-refractivity contribution >= 4 is 40.7 Å². The minimum absolute atomic E-state index is 0. The van der Waals surface area contributed by atoms with Crippen molar-refractivity contribution in [3.05, 3.63) is 63.9 Å². The van der Waals surface area contributed by atoms with Crippen molar-refractivity contribution < 1.29 is 22.3 Å². The molecule has 2 aromatic carbocycles. The summed E-state index contributed by atoms with van der Waals surface area (Å²) in [4.78, 5) is 2.11. The molecule has 0 aromatic heterocycles. The quantitative estimate of drug-likeness (QED) is 0.569. The molecule has 10 heteroatoms. The van der Waals surface area contributed by atoms with Gasteiger partial charge in [0.05, 0.1) is 6.04 Å². The van der Waals surface area contributed by atoms with Crippen LogP contribution in [0.4, 0.5) is 17.6 Å². The van der Waals surface area contributed by atoms with Crippen molar-refractivity contribution in [2.45, 2.75) is 12.4 Å². The van der Waals surface area contributed by atoms with E-state index in [0.717, 1.165) is 13.1 Å². The molecule has 0 aliphatic carbocycles. The van der Waals surface area contributed by atoms with Crippen molar-refractivity contribution in [3.63, 3.8) is 0 Å². The highest BCUT2D eigenvalue weighted by Crippen LogP contribution is 2.36. The van der Waals surface area contributed by atoms with E-state index < -0.39 is 12.4 Å². The van der Waals surface area contributed by atoms with Gasteiger partial charge in [0.2, 0.25) is 0 Å². The Bertz CT molecular complexity index is 736. The van der Waals surface area contributed by atoms with Gasteiger partial charge in [0.1, 0.15) is 11.6 Å². The van der Waals surface area contributed by atoms with Crippen LogP contribution < -0.4 is 10.1 Å². The lowest BCUT2D eigenvalue weighted by Gasteiger charge is -2.36. The van der Waals surface area contributed by atoms with E-state index in [1.807, 2.05) is 0 Å². The molecule has 1 aliphatic rings. The highest BCUT2D eigenvalue weighted by Gasteiger charge is 2.32. The Balaban J connectivity index is 0.00000196. The number of nitrogens with one attached hydrogen (secondary N) is 1. The van der Waals surface area contributed by atoms with E-state index in [-0.39, 0.29) is 36.4 Å². The molecule has 1 fully saturated rings. The van der Waals surface area contributed by atoms with Gasteiger partial charge in [0, 0.05) is 36.2 Å². The first kappa shape index (κ1) is 25.0. The molecule has 28 heavy (non-hydrogen) atoms. The maximum absolute atomic E-state index is 14.6. The lowest BCUT2D eigenvalue weighted by atomic mass is 9.96. The first-order chi connectivity index (χ1) is 12.3. The van der Waals surface area contributed by atoms with Gasteiger partial charge in [-0.25, -0.2) is 4.39 Å². The van der Waals surface area contributed by atoms with E-state index in [4.69, 9.17) is 0 Å². The largest absolute Gasteiger partial charge is 0.573 e. The zero-order valence-electron chi connectivity index (χ0n) is 14.5. The van der Waals surface area contributed by atoms with Crippen molar-refractivity contribution in [2.24, 2.45) is 0 Å². The minimum atomic E-state index is -4.74. The molecule has 0 unspecified atom stereocenters. The van der Waals surface area contributed by atoms with Gasteiger partial charge < -0.3 is 10.1 Å². The van der Waals surface area contributed by atoms with E-state index in [9.17, 15) is 17.6 Å². The Morgan fingerprint density at radius 3 is 2.14 bits per heavy atom. The van der Waals surface area contributed by atoms with E-state index in [0.29, 0.717) is 28.7 Å². The molecule has 1 N–H and O–H groups in total. The van der Waals surface area contributed by atoms with Crippen LogP contribution >= 0.6 is 40.7 Å². The number of rotatable bonds is 4. The molecule has 156 valence electrons. The summed E-state index contributed by atoms with van der Waals surface area (Å²) in [5, 5.41) is 3.24. The third kappa shape index (κ3) is 6.22. The fourth-order valence-corrected chi connectivity index (χ4v) is 3.68. The highest BCUT2D eigenvalue weighted by molar-refractivity contribution is 9.10. The normalized spacial score (nSPS) is 15.9. The Labute approximate surface area is 181 Å². The monoisotopic (exact) mass is 504 g/mol. The highest BCUT2D eigenvalue weighted by atomic mass is 79.9. The Morgan fingerprint density at radius 2 is 1.61 bits per heavy atom. The maximum Gasteiger partial charge on any atom is 0.573 e. The number of nitrogens with zero attached hydrogens (tertiary/aromatic N) is 1. The van der Waals surface area contributed by atoms with E-state index in [2.05, 4.69) is 30.9 Å². The average Bonchev–Trinajstić information content (AvgIpc) is 2.59. The predicted molar refractivity (Wildman–Crippen MR) is 108 cm³/mol. The minimum Gasteiger partial charge on any atom is -0.406 e. The zero-order chi connectivity index (χ0) is 18.7. The van der Waals surface area contributed by atoms with Crippen LogP contribution in [0.3, 0.4) is 0 Å². The van der Waals surface area contributed by atoms with Gasteiger partial charge in [0.25, 0.3) is 0 Å². The van der Waals surface area contributed by atoms with Crippen LogP contribution in [0.15, 0.2) is 46.9 Å². The fraction of sp³-hybridized carbons (Fsp3) is 0.333. The van der Waals surface area contributed by atoms with Crippen molar-refractivity contribution in [3.8, 4) is 5.75 Å². The van der Waals surface area contributed by atoms with Gasteiger partial charge in [-0.1, -0.05) is 34.1 Å². The Kier molecular flexibility index (Phi) is 9.49. The van der Waals surface area contributed by atoms with Crippen LogP contribution in [0.1, 0.15) is 17.2 Å². The topological polar surface area (TPSA) is 24.5 Å². The van der Waals surface area contributed by atoms with Crippen molar-refractivity contribution in [2.75, 3.05) is 26.2 Å². The smallest absolute Gasteiger partial charge is 0.406 e. The average molecular weight is 506 g/mol. The van der Waals surface area contributed by atoms with Crippen molar-refractivity contribution in [1.29, 1.82) is 0 Å². The standard InChI is InChI=1S/C18H17BrF4N2O.2ClH/c19-14-2-1-3-15(20)16(14)17(25-10-8-24-9-11-25)12-4-6-13(7-5-12)26-18(21,22)23;;/h1-7,17,24H,8-11H2;2*1H/t17-;;/m1../s1. The molecule has 1 saturated heterocycles. The van der Waals surface area contributed by atoms with Crippen LogP contribution in [0.2, 0.25) is 0 Å². The molecule has 3 rings (SSSR count). The first-order valence-electron chi connectivity index (χ1n) is 8.09. The summed E-state index contributed by atoms with van der Waals surface area (Å²) in [6.07, 6.45) is -4.74. The summed E-state index contributed by atoms with van der Waals surface area (Å²) in [5.74, 6) is -0.661. The van der Waals surface area contributed by atoms with Gasteiger partial charge in [-0.2, -0.15) is 0 Å². The molecule has 1 atom stereocenters. The van der Waals surface area contributed by atoms with E-state index in [1.165, 1.54) is 18.2 Å². The molecular weight excluding hydrogens is 487 g/mol.